The molecule has 4 rings (SSSR count). The highest BCUT2D eigenvalue weighted by atomic mass is 32.2. The van der Waals surface area contributed by atoms with Gasteiger partial charge in [-0.05, 0) is 79.4 Å². The van der Waals surface area contributed by atoms with Gasteiger partial charge in [0, 0.05) is 17.9 Å². The molecule has 39 heavy (non-hydrogen) atoms. The topological polar surface area (TPSA) is 90.9 Å². The van der Waals surface area contributed by atoms with E-state index in [1.54, 1.807) is 18.2 Å². The van der Waals surface area contributed by atoms with E-state index < -0.39 is 15.9 Å². The summed E-state index contributed by atoms with van der Waals surface area (Å²) in [4.78, 5) is 20.7. The van der Waals surface area contributed by atoms with Crippen LogP contribution >= 0.6 is 0 Å². The number of benzene rings is 3. The number of rotatable bonds is 13. The monoisotopic (exact) mass is 546 g/mol. The number of carbonyl (C=O) groups is 1. The Bertz CT molecular complexity index is 1400. The second-order valence-corrected chi connectivity index (χ2v) is 11.8. The molecule has 1 heterocycles. The molecule has 0 radical (unpaired) electrons. The van der Waals surface area contributed by atoms with E-state index in [9.17, 15) is 13.2 Å². The number of anilines is 2. The van der Waals surface area contributed by atoms with E-state index in [1.165, 1.54) is 5.56 Å². The summed E-state index contributed by atoms with van der Waals surface area (Å²) in [6.07, 6.45) is 2.76. The second kappa shape index (κ2) is 13.0. The highest BCUT2D eigenvalue weighted by Gasteiger charge is 2.36. The number of sulfonamides is 1. The van der Waals surface area contributed by atoms with Crippen molar-refractivity contribution in [2.75, 3.05) is 28.9 Å². The first kappa shape index (κ1) is 28.5. The van der Waals surface area contributed by atoms with E-state index in [4.69, 9.17) is 4.99 Å². The van der Waals surface area contributed by atoms with Crippen LogP contribution in [0.25, 0.3) is 0 Å². The smallest absolute Gasteiger partial charge is 0.238 e. The number of nitrogens with one attached hydrogen (secondary N) is 2. The molecule has 1 atom stereocenters. The number of amides is 1. The molecular weight excluding hydrogens is 508 g/mol. The maximum Gasteiger partial charge on any atom is 0.238 e. The van der Waals surface area contributed by atoms with Gasteiger partial charge in [-0.25, -0.2) is 8.42 Å². The fourth-order valence-corrected chi connectivity index (χ4v) is 6.10. The fourth-order valence-electron chi connectivity index (χ4n) is 4.98. The van der Waals surface area contributed by atoms with Crippen molar-refractivity contribution in [1.82, 2.24) is 4.90 Å². The summed E-state index contributed by atoms with van der Waals surface area (Å²) in [5.41, 5.74) is 5.24. The first-order valence-corrected chi connectivity index (χ1v) is 15.4. The first-order valence-electron chi connectivity index (χ1n) is 13.7. The maximum atomic E-state index is 13.3. The molecule has 8 heteroatoms. The molecule has 206 valence electrons. The standard InChI is InChI=1S/C31H38N4O3S/c1-4-18-35(19-5-2)22-23-12-14-25(15-13-23)32-30(24-10-8-7-9-11-24)29-27-21-26(34-39(37,38)20-6-3)16-17-28(27)33-31(29)36/h7-17,21,29,34H,4-6,18-20,22H2,1-3H3,(H,33,36). The minimum Gasteiger partial charge on any atom is -0.325 e. The third-order valence-electron chi connectivity index (χ3n) is 6.64. The molecule has 7 nitrogen and oxygen atoms in total. The zero-order chi connectivity index (χ0) is 27.8. The lowest BCUT2D eigenvalue weighted by atomic mass is 9.90. The van der Waals surface area contributed by atoms with Gasteiger partial charge in [0.15, 0.2) is 0 Å². The predicted octanol–water partition coefficient (Wildman–Crippen LogP) is 6.32. The molecule has 0 aliphatic carbocycles. The summed E-state index contributed by atoms with van der Waals surface area (Å²) in [6.45, 7) is 9.25. The number of carbonyl (C=O) groups excluding carboxylic acids is 1. The summed E-state index contributed by atoms with van der Waals surface area (Å²) in [5.74, 6) is -0.832. The third-order valence-corrected chi connectivity index (χ3v) is 8.14. The highest BCUT2D eigenvalue weighted by Crippen LogP contribution is 2.38. The molecule has 1 aliphatic heterocycles. The van der Waals surface area contributed by atoms with E-state index in [0.29, 0.717) is 29.1 Å². The van der Waals surface area contributed by atoms with E-state index in [-0.39, 0.29) is 11.7 Å². The Kier molecular flexibility index (Phi) is 9.54. The lowest BCUT2D eigenvalue weighted by molar-refractivity contribution is -0.115. The van der Waals surface area contributed by atoms with Gasteiger partial charge in [-0.15, -0.1) is 0 Å². The van der Waals surface area contributed by atoms with Gasteiger partial charge < -0.3 is 5.32 Å². The molecule has 3 aromatic rings. The Labute approximate surface area is 232 Å². The van der Waals surface area contributed by atoms with Crippen LogP contribution in [0.1, 0.15) is 62.6 Å². The van der Waals surface area contributed by atoms with Crippen LogP contribution in [0.2, 0.25) is 0 Å². The van der Waals surface area contributed by atoms with Crippen LogP contribution in [0.4, 0.5) is 17.1 Å². The zero-order valence-corrected chi connectivity index (χ0v) is 23.8. The molecule has 0 bridgehead atoms. The largest absolute Gasteiger partial charge is 0.325 e. The summed E-state index contributed by atoms with van der Waals surface area (Å²) in [6, 6.07) is 23.0. The number of aliphatic imine (C=N–C) groups is 1. The molecule has 1 unspecified atom stereocenters. The van der Waals surface area contributed by atoms with Crippen LogP contribution in [0.3, 0.4) is 0 Å². The third kappa shape index (κ3) is 7.34. The lowest BCUT2D eigenvalue weighted by Gasteiger charge is -2.21. The summed E-state index contributed by atoms with van der Waals surface area (Å²) < 4.78 is 27.4. The van der Waals surface area contributed by atoms with E-state index in [0.717, 1.165) is 43.7 Å². The van der Waals surface area contributed by atoms with Gasteiger partial charge >= 0.3 is 0 Å². The van der Waals surface area contributed by atoms with Gasteiger partial charge in [-0.2, -0.15) is 0 Å². The minimum absolute atomic E-state index is 0.0338. The SMILES string of the molecule is CCCN(CCC)Cc1ccc(N=C(c2ccccc2)C2C(=O)Nc3ccc(NS(=O)(=O)CCC)cc32)cc1. The maximum absolute atomic E-state index is 13.3. The van der Waals surface area contributed by atoms with Crippen LogP contribution in [-0.4, -0.2) is 43.8 Å². The molecule has 0 saturated carbocycles. The minimum atomic E-state index is -3.46. The van der Waals surface area contributed by atoms with Crippen molar-refractivity contribution in [3.63, 3.8) is 0 Å². The Hall–Kier alpha value is -3.49. The number of hydrogen-bond acceptors (Lipinski definition) is 5. The molecule has 0 fully saturated rings. The van der Waals surface area contributed by atoms with Gasteiger partial charge in [-0.3, -0.25) is 19.4 Å². The quantitative estimate of drug-likeness (QED) is 0.246. The van der Waals surface area contributed by atoms with Crippen LogP contribution in [0, 0.1) is 0 Å². The van der Waals surface area contributed by atoms with Gasteiger partial charge in [0.1, 0.15) is 5.92 Å². The Morgan fingerprint density at radius 3 is 2.26 bits per heavy atom. The predicted molar refractivity (Wildman–Crippen MR) is 160 cm³/mol. The molecule has 3 aromatic carbocycles. The molecule has 0 aromatic heterocycles. The normalized spacial score (nSPS) is 15.3. The van der Waals surface area contributed by atoms with E-state index >= 15 is 0 Å². The number of fused-ring (bicyclic) bond motifs is 1. The molecule has 1 aliphatic rings. The van der Waals surface area contributed by atoms with Crippen molar-refractivity contribution in [3.05, 3.63) is 89.5 Å². The Morgan fingerprint density at radius 1 is 0.923 bits per heavy atom. The summed E-state index contributed by atoms with van der Waals surface area (Å²) >= 11 is 0. The van der Waals surface area contributed by atoms with Crippen molar-refractivity contribution in [2.24, 2.45) is 4.99 Å². The van der Waals surface area contributed by atoms with E-state index in [2.05, 4.69) is 40.9 Å². The van der Waals surface area contributed by atoms with E-state index in [1.807, 2.05) is 49.4 Å². The van der Waals surface area contributed by atoms with Crippen LogP contribution in [-0.2, 0) is 21.4 Å². The van der Waals surface area contributed by atoms with Gasteiger partial charge in [0.2, 0.25) is 15.9 Å². The van der Waals surface area contributed by atoms with Crippen molar-refractivity contribution in [2.45, 2.75) is 52.5 Å². The molecular formula is C31H38N4O3S. The van der Waals surface area contributed by atoms with Gasteiger partial charge in [-0.1, -0.05) is 63.2 Å². The van der Waals surface area contributed by atoms with Crippen molar-refractivity contribution >= 4 is 38.7 Å². The average molecular weight is 547 g/mol. The van der Waals surface area contributed by atoms with Crippen LogP contribution < -0.4 is 10.0 Å². The van der Waals surface area contributed by atoms with Gasteiger partial charge in [0.25, 0.3) is 0 Å². The molecule has 2 N–H and O–H groups in total. The average Bonchev–Trinajstić information content (AvgIpc) is 3.23. The molecule has 0 spiro atoms. The summed E-state index contributed by atoms with van der Waals surface area (Å²) in [5, 5.41) is 2.95. The first-order chi connectivity index (χ1) is 18.8. The van der Waals surface area contributed by atoms with Crippen LogP contribution in [0.5, 0.6) is 0 Å². The summed E-state index contributed by atoms with van der Waals surface area (Å²) in [7, 11) is -3.46. The second-order valence-electron chi connectivity index (χ2n) is 9.95. The fraction of sp³-hybridized carbons (Fsp3) is 0.355. The zero-order valence-electron chi connectivity index (χ0n) is 23.0. The Morgan fingerprint density at radius 2 is 1.62 bits per heavy atom. The lowest BCUT2D eigenvalue weighted by Crippen LogP contribution is -2.24. The van der Waals surface area contributed by atoms with Crippen LogP contribution in [0.15, 0.2) is 77.8 Å². The molecule has 0 saturated heterocycles. The highest BCUT2D eigenvalue weighted by molar-refractivity contribution is 7.92. The van der Waals surface area contributed by atoms with Gasteiger partial charge in [0.05, 0.1) is 17.2 Å². The Balaban J connectivity index is 1.69. The number of hydrogen-bond donors (Lipinski definition) is 2. The van der Waals surface area contributed by atoms with Crippen molar-refractivity contribution in [3.8, 4) is 0 Å². The number of nitrogens with zero attached hydrogens (tertiary/aromatic N) is 2. The van der Waals surface area contributed by atoms with Crippen molar-refractivity contribution < 1.29 is 13.2 Å². The van der Waals surface area contributed by atoms with Crippen molar-refractivity contribution in [1.29, 1.82) is 0 Å². The molecule has 1 amide bonds.